The summed E-state index contributed by atoms with van der Waals surface area (Å²) >= 11 is 1.45. The van der Waals surface area contributed by atoms with E-state index in [4.69, 9.17) is 5.73 Å². The van der Waals surface area contributed by atoms with E-state index in [0.29, 0.717) is 17.2 Å². The number of nitrogen functional groups attached to an aromatic ring is 1. The number of amides is 1. The minimum Gasteiger partial charge on any atom is -0.375 e. The SMILES string of the molecule is Nc1nc2cc(-c3cccc(C(=O)NCc4ccc(F)cc4)c3)ccc2s1. The van der Waals surface area contributed by atoms with Crippen LogP contribution in [0.2, 0.25) is 0 Å². The lowest BCUT2D eigenvalue weighted by molar-refractivity contribution is 0.0951. The Bertz CT molecular complexity index is 1120. The molecule has 0 saturated carbocycles. The van der Waals surface area contributed by atoms with Crippen molar-refractivity contribution < 1.29 is 9.18 Å². The normalized spacial score (nSPS) is 10.9. The van der Waals surface area contributed by atoms with Crippen molar-refractivity contribution in [3.63, 3.8) is 0 Å². The predicted molar refractivity (Wildman–Crippen MR) is 107 cm³/mol. The smallest absolute Gasteiger partial charge is 0.251 e. The number of hydrogen-bond donors (Lipinski definition) is 2. The van der Waals surface area contributed by atoms with Gasteiger partial charge in [-0.15, -0.1) is 0 Å². The quantitative estimate of drug-likeness (QED) is 0.545. The highest BCUT2D eigenvalue weighted by molar-refractivity contribution is 7.22. The average molecular weight is 377 g/mol. The molecular formula is C21H16FN3OS. The van der Waals surface area contributed by atoms with Crippen LogP contribution in [0.4, 0.5) is 9.52 Å². The van der Waals surface area contributed by atoms with Crippen molar-refractivity contribution in [3.8, 4) is 11.1 Å². The number of nitrogens with two attached hydrogens (primary N) is 1. The minimum atomic E-state index is -0.295. The Labute approximate surface area is 159 Å². The average Bonchev–Trinajstić information content (AvgIpc) is 3.06. The fourth-order valence-electron chi connectivity index (χ4n) is 2.85. The molecule has 4 rings (SSSR count). The fraction of sp³-hybridized carbons (Fsp3) is 0.0476. The molecule has 4 nitrogen and oxygen atoms in total. The number of nitrogens with zero attached hydrogens (tertiary/aromatic N) is 1. The van der Waals surface area contributed by atoms with Gasteiger partial charge in [0, 0.05) is 12.1 Å². The van der Waals surface area contributed by atoms with E-state index >= 15 is 0 Å². The number of nitrogens with one attached hydrogen (secondary N) is 1. The Morgan fingerprint density at radius 1 is 1.04 bits per heavy atom. The number of halogens is 1. The first kappa shape index (κ1) is 17.2. The first-order valence-electron chi connectivity index (χ1n) is 8.38. The molecule has 0 fully saturated rings. The first-order valence-corrected chi connectivity index (χ1v) is 9.19. The van der Waals surface area contributed by atoms with Crippen LogP contribution in [0.15, 0.2) is 66.7 Å². The Kier molecular flexibility index (Phi) is 4.56. The maximum absolute atomic E-state index is 13.0. The third-order valence-corrected chi connectivity index (χ3v) is 5.09. The minimum absolute atomic E-state index is 0.180. The third-order valence-electron chi connectivity index (χ3n) is 4.23. The molecule has 1 heterocycles. The molecule has 0 saturated heterocycles. The van der Waals surface area contributed by atoms with Crippen LogP contribution in [0, 0.1) is 5.82 Å². The molecule has 27 heavy (non-hydrogen) atoms. The van der Waals surface area contributed by atoms with Crippen LogP contribution < -0.4 is 11.1 Å². The summed E-state index contributed by atoms with van der Waals surface area (Å²) in [6.07, 6.45) is 0. The second-order valence-electron chi connectivity index (χ2n) is 6.12. The number of benzene rings is 3. The highest BCUT2D eigenvalue weighted by Crippen LogP contribution is 2.29. The van der Waals surface area contributed by atoms with Gasteiger partial charge in [-0.3, -0.25) is 4.79 Å². The van der Waals surface area contributed by atoms with Crippen molar-refractivity contribution in [2.75, 3.05) is 5.73 Å². The van der Waals surface area contributed by atoms with E-state index in [1.165, 1.54) is 23.5 Å². The third kappa shape index (κ3) is 3.80. The molecule has 0 aliphatic rings. The summed E-state index contributed by atoms with van der Waals surface area (Å²) in [5.41, 5.74) is 9.92. The lowest BCUT2D eigenvalue weighted by Gasteiger charge is -2.08. The second-order valence-corrected chi connectivity index (χ2v) is 7.19. The summed E-state index contributed by atoms with van der Waals surface area (Å²) in [7, 11) is 0. The number of aromatic nitrogens is 1. The lowest BCUT2D eigenvalue weighted by atomic mass is 10.0. The number of fused-ring (bicyclic) bond motifs is 1. The monoisotopic (exact) mass is 377 g/mol. The van der Waals surface area contributed by atoms with Crippen LogP contribution in [-0.4, -0.2) is 10.9 Å². The summed E-state index contributed by atoms with van der Waals surface area (Å²) in [5.74, 6) is -0.475. The van der Waals surface area contributed by atoms with Gasteiger partial charge in [0.25, 0.3) is 5.91 Å². The van der Waals surface area contributed by atoms with Gasteiger partial charge in [0.15, 0.2) is 5.13 Å². The topological polar surface area (TPSA) is 68.0 Å². The van der Waals surface area contributed by atoms with E-state index < -0.39 is 0 Å². The van der Waals surface area contributed by atoms with Gasteiger partial charge in [-0.05, 0) is 53.1 Å². The highest BCUT2D eigenvalue weighted by Gasteiger charge is 2.09. The molecule has 0 aliphatic heterocycles. The van der Waals surface area contributed by atoms with Crippen LogP contribution in [0.3, 0.4) is 0 Å². The van der Waals surface area contributed by atoms with Gasteiger partial charge in [0.1, 0.15) is 5.82 Å². The number of hydrogen-bond acceptors (Lipinski definition) is 4. The van der Waals surface area contributed by atoms with Gasteiger partial charge in [0.05, 0.1) is 10.2 Å². The molecule has 134 valence electrons. The van der Waals surface area contributed by atoms with E-state index in [-0.39, 0.29) is 11.7 Å². The van der Waals surface area contributed by atoms with E-state index in [2.05, 4.69) is 10.3 Å². The predicted octanol–water partition coefficient (Wildman–Crippen LogP) is 4.61. The van der Waals surface area contributed by atoms with Crippen LogP contribution in [-0.2, 0) is 6.54 Å². The van der Waals surface area contributed by atoms with Crippen molar-refractivity contribution in [3.05, 3.63) is 83.7 Å². The van der Waals surface area contributed by atoms with Crippen molar-refractivity contribution >= 4 is 32.6 Å². The summed E-state index contributed by atoms with van der Waals surface area (Å²) < 4.78 is 14.0. The molecule has 0 spiro atoms. The Hall–Kier alpha value is -3.25. The van der Waals surface area contributed by atoms with Gasteiger partial charge in [-0.25, -0.2) is 9.37 Å². The van der Waals surface area contributed by atoms with Gasteiger partial charge in [-0.1, -0.05) is 41.7 Å². The lowest BCUT2D eigenvalue weighted by Crippen LogP contribution is -2.22. The summed E-state index contributed by atoms with van der Waals surface area (Å²) in [6, 6.07) is 19.4. The molecule has 1 amide bonds. The first-order chi connectivity index (χ1) is 13.1. The highest BCUT2D eigenvalue weighted by atomic mass is 32.1. The number of carbonyl (C=O) groups excluding carboxylic acids is 1. The maximum atomic E-state index is 13.0. The van der Waals surface area contributed by atoms with E-state index in [1.807, 2.05) is 36.4 Å². The van der Waals surface area contributed by atoms with Gasteiger partial charge >= 0.3 is 0 Å². The molecule has 0 bridgehead atoms. The molecule has 0 radical (unpaired) electrons. The van der Waals surface area contributed by atoms with Crippen LogP contribution >= 0.6 is 11.3 Å². The zero-order chi connectivity index (χ0) is 18.8. The van der Waals surface area contributed by atoms with Crippen molar-refractivity contribution in [1.82, 2.24) is 10.3 Å². The molecule has 0 atom stereocenters. The molecule has 0 unspecified atom stereocenters. The Balaban J connectivity index is 1.53. The zero-order valence-electron chi connectivity index (χ0n) is 14.3. The molecular weight excluding hydrogens is 361 g/mol. The number of anilines is 1. The van der Waals surface area contributed by atoms with Crippen molar-refractivity contribution in [1.29, 1.82) is 0 Å². The zero-order valence-corrected chi connectivity index (χ0v) is 15.1. The molecule has 6 heteroatoms. The van der Waals surface area contributed by atoms with Crippen LogP contribution in [0.25, 0.3) is 21.3 Å². The molecule has 3 aromatic carbocycles. The second kappa shape index (κ2) is 7.17. The van der Waals surface area contributed by atoms with Gasteiger partial charge < -0.3 is 11.1 Å². The van der Waals surface area contributed by atoms with E-state index in [1.54, 1.807) is 18.2 Å². The van der Waals surface area contributed by atoms with E-state index in [9.17, 15) is 9.18 Å². The molecule has 3 N–H and O–H groups in total. The van der Waals surface area contributed by atoms with Gasteiger partial charge in [-0.2, -0.15) is 0 Å². The summed E-state index contributed by atoms with van der Waals surface area (Å²) in [6.45, 7) is 0.341. The summed E-state index contributed by atoms with van der Waals surface area (Å²) in [4.78, 5) is 16.8. The largest absolute Gasteiger partial charge is 0.375 e. The van der Waals surface area contributed by atoms with Crippen LogP contribution in [0.5, 0.6) is 0 Å². The standard InChI is InChI=1S/C21H16FN3OS/c22-17-7-4-13(5-8-17)12-24-20(26)16-3-1-2-14(10-16)15-6-9-19-18(11-15)25-21(23)27-19/h1-11H,12H2,(H2,23,25)(H,24,26). The number of carbonyl (C=O) groups is 1. The Morgan fingerprint density at radius 2 is 1.81 bits per heavy atom. The maximum Gasteiger partial charge on any atom is 0.251 e. The van der Waals surface area contributed by atoms with Crippen molar-refractivity contribution in [2.24, 2.45) is 0 Å². The summed E-state index contributed by atoms with van der Waals surface area (Å²) in [5, 5.41) is 3.40. The fourth-order valence-corrected chi connectivity index (χ4v) is 3.57. The number of thiazole rings is 1. The van der Waals surface area contributed by atoms with Gasteiger partial charge in [0.2, 0.25) is 0 Å². The van der Waals surface area contributed by atoms with Crippen LogP contribution in [0.1, 0.15) is 15.9 Å². The number of rotatable bonds is 4. The molecule has 0 aliphatic carbocycles. The molecule has 1 aromatic heterocycles. The molecule has 4 aromatic rings. The van der Waals surface area contributed by atoms with E-state index in [0.717, 1.165) is 26.9 Å². The van der Waals surface area contributed by atoms with Crippen molar-refractivity contribution in [2.45, 2.75) is 6.54 Å². The Morgan fingerprint density at radius 3 is 2.63 bits per heavy atom.